The number of anilines is 3. The molecule has 0 saturated heterocycles. The number of rotatable bonds is 3. The van der Waals surface area contributed by atoms with Gasteiger partial charge in [0, 0.05) is 11.4 Å². The summed E-state index contributed by atoms with van der Waals surface area (Å²) in [5, 5.41) is 3.50. The summed E-state index contributed by atoms with van der Waals surface area (Å²) >= 11 is 12.0. The summed E-state index contributed by atoms with van der Waals surface area (Å²) in [6.45, 7) is 0. The molecule has 0 radical (unpaired) electrons. The quantitative estimate of drug-likeness (QED) is 0.755. The number of alkyl halides is 3. The van der Waals surface area contributed by atoms with E-state index in [0.717, 1.165) is 0 Å². The maximum atomic E-state index is 12.0. The molecule has 0 aromatic heterocycles. The Balaban J connectivity index is 2.18. The number of halogens is 5. The van der Waals surface area contributed by atoms with E-state index in [2.05, 4.69) is 10.1 Å². The monoisotopic (exact) mass is 336 g/mol. The molecule has 8 heteroatoms. The van der Waals surface area contributed by atoms with Crippen LogP contribution < -0.4 is 15.8 Å². The number of hydrogen-bond donors (Lipinski definition) is 2. The molecule has 0 aliphatic carbocycles. The van der Waals surface area contributed by atoms with Crippen molar-refractivity contribution in [3.05, 3.63) is 46.4 Å². The van der Waals surface area contributed by atoms with Gasteiger partial charge in [-0.3, -0.25) is 0 Å². The van der Waals surface area contributed by atoms with E-state index in [0.29, 0.717) is 27.1 Å². The van der Waals surface area contributed by atoms with Gasteiger partial charge < -0.3 is 15.8 Å². The van der Waals surface area contributed by atoms with Gasteiger partial charge in [0.25, 0.3) is 0 Å². The molecule has 0 spiro atoms. The molecule has 0 aliphatic heterocycles. The lowest BCUT2D eigenvalue weighted by Gasteiger charge is -2.12. The Morgan fingerprint density at radius 3 is 2.00 bits per heavy atom. The summed E-state index contributed by atoms with van der Waals surface area (Å²) in [5.41, 5.74) is 6.90. The van der Waals surface area contributed by atoms with Crippen molar-refractivity contribution in [3.8, 4) is 5.75 Å². The number of benzene rings is 2. The highest BCUT2D eigenvalue weighted by Gasteiger charge is 2.30. The Morgan fingerprint density at radius 1 is 1.00 bits per heavy atom. The molecule has 0 saturated carbocycles. The third-order valence-corrected chi connectivity index (χ3v) is 3.02. The third kappa shape index (κ3) is 4.34. The Bertz CT molecular complexity index is 622. The molecule has 0 atom stereocenters. The molecular weight excluding hydrogens is 328 g/mol. The first-order valence-electron chi connectivity index (χ1n) is 5.62. The van der Waals surface area contributed by atoms with E-state index in [1.165, 1.54) is 36.4 Å². The van der Waals surface area contributed by atoms with Crippen LogP contribution in [0.1, 0.15) is 0 Å². The number of nitrogens with two attached hydrogens (primary N) is 1. The second-order valence-electron chi connectivity index (χ2n) is 4.06. The zero-order valence-electron chi connectivity index (χ0n) is 10.3. The maximum absolute atomic E-state index is 12.0. The molecular formula is C13H9Cl2F3N2O. The lowest BCUT2D eigenvalue weighted by Crippen LogP contribution is -2.16. The Morgan fingerprint density at radius 2 is 1.52 bits per heavy atom. The van der Waals surface area contributed by atoms with Crippen LogP contribution in [0.15, 0.2) is 36.4 Å². The Hall–Kier alpha value is -1.79. The zero-order chi connectivity index (χ0) is 15.6. The van der Waals surface area contributed by atoms with Crippen LogP contribution in [0.25, 0.3) is 0 Å². The second kappa shape index (κ2) is 5.91. The summed E-state index contributed by atoms with van der Waals surface area (Å²) in [6.07, 6.45) is -4.72. The topological polar surface area (TPSA) is 47.3 Å². The fourth-order valence-electron chi connectivity index (χ4n) is 1.60. The van der Waals surface area contributed by atoms with Crippen LogP contribution in [-0.2, 0) is 0 Å². The maximum Gasteiger partial charge on any atom is 0.573 e. The first-order chi connectivity index (χ1) is 9.74. The Labute approximate surface area is 128 Å². The van der Waals surface area contributed by atoms with Gasteiger partial charge in [0.2, 0.25) is 0 Å². The lowest BCUT2D eigenvalue weighted by molar-refractivity contribution is -0.274. The average molecular weight is 337 g/mol. The highest BCUT2D eigenvalue weighted by Crippen LogP contribution is 2.35. The van der Waals surface area contributed by atoms with Gasteiger partial charge >= 0.3 is 6.36 Å². The van der Waals surface area contributed by atoms with E-state index in [4.69, 9.17) is 28.9 Å². The van der Waals surface area contributed by atoms with Crippen LogP contribution in [0.3, 0.4) is 0 Å². The fraction of sp³-hybridized carbons (Fsp3) is 0.0769. The summed E-state index contributed by atoms with van der Waals surface area (Å²) in [5.74, 6) is -0.317. The van der Waals surface area contributed by atoms with Gasteiger partial charge in [0.1, 0.15) is 5.75 Å². The summed E-state index contributed by atoms with van der Waals surface area (Å²) < 4.78 is 39.9. The third-order valence-electron chi connectivity index (χ3n) is 2.42. The largest absolute Gasteiger partial charge is 0.573 e. The predicted octanol–water partition coefficient (Wildman–Crippen LogP) is 5.22. The minimum absolute atomic E-state index is 0.301. The van der Waals surface area contributed by atoms with Crippen molar-refractivity contribution in [2.45, 2.75) is 6.36 Å². The summed E-state index contributed by atoms with van der Waals surface area (Å²) in [7, 11) is 0. The van der Waals surface area contributed by atoms with E-state index in [1.54, 1.807) is 0 Å². The average Bonchev–Trinajstić information content (AvgIpc) is 2.34. The van der Waals surface area contributed by atoms with Crippen LogP contribution in [0.4, 0.5) is 30.2 Å². The number of hydrogen-bond acceptors (Lipinski definition) is 3. The van der Waals surface area contributed by atoms with Gasteiger partial charge in [0.05, 0.1) is 15.7 Å². The van der Waals surface area contributed by atoms with Crippen molar-refractivity contribution < 1.29 is 17.9 Å². The molecule has 0 fully saturated rings. The molecule has 2 rings (SSSR count). The van der Waals surface area contributed by atoms with Crippen molar-refractivity contribution in [2.75, 3.05) is 11.1 Å². The highest BCUT2D eigenvalue weighted by atomic mass is 35.5. The number of nitrogen functional groups attached to an aromatic ring is 1. The van der Waals surface area contributed by atoms with Gasteiger partial charge in [-0.05, 0) is 36.4 Å². The molecule has 0 amide bonds. The first-order valence-corrected chi connectivity index (χ1v) is 6.37. The molecule has 112 valence electrons. The molecule has 0 bridgehead atoms. The number of nitrogens with one attached hydrogen (secondary N) is 1. The lowest BCUT2D eigenvalue weighted by atomic mass is 10.2. The highest BCUT2D eigenvalue weighted by molar-refractivity contribution is 6.39. The van der Waals surface area contributed by atoms with Crippen LogP contribution in [0.5, 0.6) is 5.75 Å². The van der Waals surface area contributed by atoms with E-state index < -0.39 is 6.36 Å². The van der Waals surface area contributed by atoms with Crippen molar-refractivity contribution >= 4 is 40.3 Å². The SMILES string of the molecule is Nc1cc(Cl)c(Nc2ccc(OC(F)(F)F)cc2)c(Cl)c1. The first kappa shape index (κ1) is 15.6. The van der Waals surface area contributed by atoms with Crippen molar-refractivity contribution in [3.63, 3.8) is 0 Å². The summed E-state index contributed by atoms with van der Waals surface area (Å²) in [6, 6.07) is 8.19. The zero-order valence-corrected chi connectivity index (χ0v) is 11.9. The van der Waals surface area contributed by atoms with Crippen molar-refractivity contribution in [2.24, 2.45) is 0 Å². The standard InChI is InChI=1S/C13H9Cl2F3N2O/c14-10-5-7(19)6-11(15)12(10)20-8-1-3-9(4-2-8)21-13(16,17)18/h1-6,20H,19H2. The Kier molecular flexibility index (Phi) is 4.39. The minimum atomic E-state index is -4.72. The molecule has 2 aromatic carbocycles. The molecule has 2 aromatic rings. The van der Waals surface area contributed by atoms with Crippen molar-refractivity contribution in [1.29, 1.82) is 0 Å². The molecule has 21 heavy (non-hydrogen) atoms. The van der Waals surface area contributed by atoms with Gasteiger partial charge in [-0.2, -0.15) is 0 Å². The molecule has 0 aliphatic rings. The number of ether oxygens (including phenoxy) is 1. The van der Waals surface area contributed by atoms with Gasteiger partial charge in [-0.15, -0.1) is 13.2 Å². The molecule has 3 nitrogen and oxygen atoms in total. The van der Waals surface area contributed by atoms with Gasteiger partial charge in [-0.1, -0.05) is 23.2 Å². The van der Waals surface area contributed by atoms with E-state index in [9.17, 15) is 13.2 Å². The van der Waals surface area contributed by atoms with E-state index in [1.807, 2.05) is 0 Å². The van der Waals surface area contributed by atoms with E-state index >= 15 is 0 Å². The van der Waals surface area contributed by atoms with E-state index in [-0.39, 0.29) is 5.75 Å². The van der Waals surface area contributed by atoms with Gasteiger partial charge in [-0.25, -0.2) is 0 Å². The predicted molar refractivity (Wildman–Crippen MR) is 77.3 cm³/mol. The second-order valence-corrected chi connectivity index (χ2v) is 4.87. The van der Waals surface area contributed by atoms with Gasteiger partial charge in [0.15, 0.2) is 0 Å². The van der Waals surface area contributed by atoms with Crippen LogP contribution in [0.2, 0.25) is 10.0 Å². The normalized spacial score (nSPS) is 11.3. The van der Waals surface area contributed by atoms with Crippen molar-refractivity contribution in [1.82, 2.24) is 0 Å². The fourth-order valence-corrected chi connectivity index (χ4v) is 2.19. The molecule has 0 unspecified atom stereocenters. The van der Waals surface area contributed by atoms with Crippen LogP contribution in [0, 0.1) is 0 Å². The minimum Gasteiger partial charge on any atom is -0.406 e. The molecule has 0 heterocycles. The van der Waals surface area contributed by atoms with Crippen LogP contribution in [-0.4, -0.2) is 6.36 Å². The smallest absolute Gasteiger partial charge is 0.406 e. The van der Waals surface area contributed by atoms with Crippen LogP contribution >= 0.6 is 23.2 Å². The summed E-state index contributed by atoms with van der Waals surface area (Å²) in [4.78, 5) is 0. The molecule has 3 N–H and O–H groups in total.